The summed E-state index contributed by atoms with van der Waals surface area (Å²) in [5.41, 5.74) is 6.46. The molecular weight excluding hydrogens is 343 g/mol. The zero-order chi connectivity index (χ0) is 15.7. The molecule has 0 bridgehead atoms. The Morgan fingerprint density at radius 1 is 1.14 bits per heavy atom. The third-order valence-corrected chi connectivity index (χ3v) is 4.18. The molecule has 6 heteroatoms. The maximum atomic E-state index is 12.2. The van der Waals surface area contributed by atoms with Gasteiger partial charge in [-0.2, -0.15) is 0 Å². The number of carbonyl (C=O) groups is 1. The van der Waals surface area contributed by atoms with Gasteiger partial charge in [-0.05, 0) is 44.0 Å². The van der Waals surface area contributed by atoms with Crippen LogP contribution in [0.5, 0.6) is 0 Å². The predicted molar refractivity (Wildman–Crippen MR) is 96.9 cm³/mol. The molecule has 0 atom stereocenters. The minimum atomic E-state index is 0. The van der Waals surface area contributed by atoms with Crippen molar-refractivity contribution in [2.75, 3.05) is 13.1 Å². The van der Waals surface area contributed by atoms with E-state index in [-0.39, 0.29) is 18.3 Å². The van der Waals surface area contributed by atoms with E-state index < -0.39 is 0 Å². The Morgan fingerprint density at radius 3 is 2.41 bits per heavy atom. The number of hydrogen-bond donors (Lipinski definition) is 1. The van der Waals surface area contributed by atoms with Crippen molar-refractivity contribution in [3.8, 4) is 0 Å². The van der Waals surface area contributed by atoms with Gasteiger partial charge in [0.1, 0.15) is 0 Å². The molecule has 0 aliphatic heterocycles. The van der Waals surface area contributed by atoms with E-state index in [0.29, 0.717) is 29.6 Å². The van der Waals surface area contributed by atoms with Gasteiger partial charge in [0.2, 0.25) is 5.91 Å². The highest BCUT2D eigenvalue weighted by molar-refractivity contribution is 6.42. The van der Waals surface area contributed by atoms with Gasteiger partial charge in [-0.1, -0.05) is 42.1 Å². The topological polar surface area (TPSA) is 46.3 Å². The second-order valence-electron chi connectivity index (χ2n) is 5.11. The first-order valence-electron chi connectivity index (χ1n) is 7.50. The lowest BCUT2D eigenvalue weighted by atomic mass is 10.1. The fourth-order valence-electron chi connectivity index (χ4n) is 2.17. The Labute approximate surface area is 149 Å². The molecule has 0 fully saturated rings. The second kappa shape index (κ2) is 12.0. The summed E-state index contributed by atoms with van der Waals surface area (Å²) in [6.07, 6.45) is 4.72. The Bertz CT molecular complexity index is 455. The largest absolute Gasteiger partial charge is 0.339 e. The first-order valence-corrected chi connectivity index (χ1v) is 8.25. The molecule has 0 aliphatic carbocycles. The van der Waals surface area contributed by atoms with Gasteiger partial charge in [0.05, 0.1) is 10.0 Å². The van der Waals surface area contributed by atoms with Crippen LogP contribution in [0.4, 0.5) is 0 Å². The van der Waals surface area contributed by atoms with E-state index in [9.17, 15) is 4.79 Å². The van der Waals surface area contributed by atoms with Crippen LogP contribution >= 0.6 is 35.6 Å². The first kappa shape index (κ1) is 21.5. The molecule has 1 aromatic rings. The number of benzene rings is 1. The van der Waals surface area contributed by atoms with Crippen LogP contribution in [0.15, 0.2) is 18.2 Å². The lowest BCUT2D eigenvalue weighted by molar-refractivity contribution is -0.131. The molecule has 0 radical (unpaired) electrons. The van der Waals surface area contributed by atoms with Crippen molar-refractivity contribution < 1.29 is 4.79 Å². The lowest BCUT2D eigenvalue weighted by Crippen LogP contribution is -2.30. The zero-order valence-corrected chi connectivity index (χ0v) is 15.3. The predicted octanol–water partition coefficient (Wildman–Crippen LogP) is 4.67. The van der Waals surface area contributed by atoms with E-state index in [1.807, 2.05) is 24.0 Å². The van der Waals surface area contributed by atoms with Gasteiger partial charge in [-0.25, -0.2) is 0 Å². The van der Waals surface area contributed by atoms with Crippen molar-refractivity contribution in [1.29, 1.82) is 0 Å². The molecule has 0 aromatic heterocycles. The zero-order valence-electron chi connectivity index (χ0n) is 13.0. The van der Waals surface area contributed by atoms with Crippen molar-refractivity contribution in [2.24, 2.45) is 5.73 Å². The minimum Gasteiger partial charge on any atom is -0.339 e. The molecule has 126 valence electrons. The highest BCUT2D eigenvalue weighted by Crippen LogP contribution is 2.23. The quantitative estimate of drug-likeness (QED) is 0.644. The molecule has 0 heterocycles. The average molecular weight is 368 g/mol. The molecule has 0 saturated heterocycles. The number of unbranched alkanes of at least 4 members (excludes halogenated alkanes) is 3. The normalized spacial score (nSPS) is 10.2. The van der Waals surface area contributed by atoms with Gasteiger partial charge < -0.3 is 10.6 Å². The monoisotopic (exact) mass is 366 g/mol. The molecule has 1 aromatic carbocycles. The summed E-state index contributed by atoms with van der Waals surface area (Å²) < 4.78 is 0. The van der Waals surface area contributed by atoms with E-state index >= 15 is 0 Å². The summed E-state index contributed by atoms with van der Waals surface area (Å²) in [5, 5.41) is 1.06. The SMILES string of the molecule is CCN(Cc1ccc(Cl)c(Cl)c1)C(=O)CCCCCCN.Cl. The summed E-state index contributed by atoms with van der Waals surface area (Å²) >= 11 is 11.9. The molecule has 2 N–H and O–H groups in total. The highest BCUT2D eigenvalue weighted by Gasteiger charge is 2.12. The van der Waals surface area contributed by atoms with E-state index in [1.165, 1.54) is 0 Å². The minimum absolute atomic E-state index is 0. The fraction of sp³-hybridized carbons (Fsp3) is 0.562. The Balaban J connectivity index is 0.00000441. The van der Waals surface area contributed by atoms with Gasteiger partial charge >= 0.3 is 0 Å². The van der Waals surface area contributed by atoms with Gasteiger partial charge in [-0.15, -0.1) is 12.4 Å². The molecule has 0 spiro atoms. The summed E-state index contributed by atoms with van der Waals surface area (Å²) in [5.74, 6) is 0.191. The van der Waals surface area contributed by atoms with Crippen LogP contribution in [0.1, 0.15) is 44.6 Å². The highest BCUT2D eigenvalue weighted by atomic mass is 35.5. The summed E-state index contributed by atoms with van der Waals surface area (Å²) in [7, 11) is 0. The molecule has 22 heavy (non-hydrogen) atoms. The number of carbonyl (C=O) groups excluding carboxylic acids is 1. The second-order valence-corrected chi connectivity index (χ2v) is 5.92. The maximum absolute atomic E-state index is 12.2. The van der Waals surface area contributed by atoms with Crippen LogP contribution in [0.25, 0.3) is 0 Å². The number of halogens is 3. The lowest BCUT2D eigenvalue weighted by Gasteiger charge is -2.21. The third-order valence-electron chi connectivity index (χ3n) is 3.44. The van der Waals surface area contributed by atoms with Gasteiger partial charge in [0.25, 0.3) is 0 Å². The molecule has 0 unspecified atom stereocenters. The van der Waals surface area contributed by atoms with Crippen LogP contribution in [0.2, 0.25) is 10.0 Å². The number of nitrogens with two attached hydrogens (primary N) is 1. The van der Waals surface area contributed by atoms with Crippen LogP contribution < -0.4 is 5.73 Å². The van der Waals surface area contributed by atoms with Crippen LogP contribution in [0.3, 0.4) is 0 Å². The summed E-state index contributed by atoms with van der Waals surface area (Å²) in [6, 6.07) is 5.50. The van der Waals surface area contributed by atoms with Gasteiger partial charge in [-0.3, -0.25) is 4.79 Å². The smallest absolute Gasteiger partial charge is 0.222 e. The number of hydrogen-bond acceptors (Lipinski definition) is 2. The standard InChI is InChI=1S/C16H24Cl2N2O.ClH/c1-2-20(16(21)7-5-3-4-6-10-19)12-13-8-9-14(17)15(18)11-13;/h8-9,11H,2-7,10,12,19H2,1H3;1H. The Kier molecular flexibility index (Phi) is 11.7. The molecule has 0 saturated carbocycles. The van der Waals surface area contributed by atoms with Crippen LogP contribution in [0, 0.1) is 0 Å². The van der Waals surface area contributed by atoms with Crippen molar-refractivity contribution in [3.63, 3.8) is 0 Å². The third kappa shape index (κ3) is 7.68. The van der Waals surface area contributed by atoms with Crippen LogP contribution in [-0.2, 0) is 11.3 Å². The van der Waals surface area contributed by atoms with Crippen molar-refractivity contribution >= 4 is 41.5 Å². The number of amides is 1. The van der Waals surface area contributed by atoms with Gasteiger partial charge in [0.15, 0.2) is 0 Å². The molecule has 3 nitrogen and oxygen atoms in total. The molecular formula is C16H25Cl3N2O. The fourth-order valence-corrected chi connectivity index (χ4v) is 2.49. The van der Waals surface area contributed by atoms with E-state index in [2.05, 4.69) is 0 Å². The van der Waals surface area contributed by atoms with Crippen molar-refractivity contribution in [1.82, 2.24) is 4.90 Å². The van der Waals surface area contributed by atoms with E-state index in [1.54, 1.807) is 6.07 Å². The number of rotatable bonds is 9. The van der Waals surface area contributed by atoms with Crippen molar-refractivity contribution in [3.05, 3.63) is 33.8 Å². The number of nitrogens with zero attached hydrogens (tertiary/aromatic N) is 1. The van der Waals surface area contributed by atoms with E-state index in [4.69, 9.17) is 28.9 Å². The van der Waals surface area contributed by atoms with Gasteiger partial charge in [0, 0.05) is 19.5 Å². The summed E-state index contributed by atoms with van der Waals surface area (Å²) in [4.78, 5) is 14.1. The maximum Gasteiger partial charge on any atom is 0.222 e. The average Bonchev–Trinajstić information content (AvgIpc) is 2.48. The Morgan fingerprint density at radius 2 is 1.82 bits per heavy atom. The van der Waals surface area contributed by atoms with E-state index in [0.717, 1.165) is 37.8 Å². The first-order chi connectivity index (χ1) is 10.1. The summed E-state index contributed by atoms with van der Waals surface area (Å²) in [6.45, 7) is 3.99. The Hall–Kier alpha value is -0.480. The molecule has 1 amide bonds. The molecule has 1 rings (SSSR count). The molecule has 0 aliphatic rings. The van der Waals surface area contributed by atoms with Crippen LogP contribution in [-0.4, -0.2) is 23.9 Å². The van der Waals surface area contributed by atoms with Crippen molar-refractivity contribution in [2.45, 2.75) is 45.6 Å².